The van der Waals surface area contributed by atoms with E-state index in [-0.39, 0.29) is 11.8 Å². The van der Waals surface area contributed by atoms with Gasteiger partial charge >= 0.3 is 0 Å². The van der Waals surface area contributed by atoms with Gasteiger partial charge in [-0.25, -0.2) is 5.10 Å². The lowest BCUT2D eigenvalue weighted by Crippen LogP contribution is -2.13. The number of hydrogen-bond donors (Lipinski definition) is 4. The van der Waals surface area contributed by atoms with Gasteiger partial charge in [-0.15, -0.1) is 16.4 Å². The molecule has 0 unspecified atom stereocenters. The molecule has 0 bridgehead atoms. The van der Waals surface area contributed by atoms with Crippen LogP contribution in [-0.2, 0) is 0 Å². The van der Waals surface area contributed by atoms with E-state index in [1.54, 1.807) is 36.4 Å². The fourth-order valence-electron chi connectivity index (χ4n) is 3.26. The van der Waals surface area contributed by atoms with Crippen molar-refractivity contribution in [2.75, 3.05) is 10.6 Å². The highest BCUT2D eigenvalue weighted by Crippen LogP contribution is 2.29. The van der Waals surface area contributed by atoms with Crippen LogP contribution in [0.3, 0.4) is 0 Å². The number of carbonyl (C=O) groups is 2. The van der Waals surface area contributed by atoms with Crippen LogP contribution in [0.5, 0.6) is 0 Å². The summed E-state index contributed by atoms with van der Waals surface area (Å²) in [6.07, 6.45) is 0. The second kappa shape index (κ2) is 8.25. The van der Waals surface area contributed by atoms with Crippen molar-refractivity contribution >= 4 is 57.0 Å². The van der Waals surface area contributed by atoms with E-state index in [4.69, 9.17) is 11.6 Å². The van der Waals surface area contributed by atoms with E-state index in [1.807, 2.05) is 23.6 Å². The third kappa shape index (κ3) is 3.84. The number of benzene rings is 2. The summed E-state index contributed by atoms with van der Waals surface area (Å²) in [4.78, 5) is 29.1. The van der Waals surface area contributed by atoms with Crippen LogP contribution in [-0.4, -0.2) is 37.4 Å². The lowest BCUT2D eigenvalue weighted by atomic mass is 10.1. The number of tetrazole rings is 1. The molecule has 4 N–H and O–H groups in total. The number of fused-ring (bicyclic) bond motifs is 1. The topological polar surface area (TPSA) is 128 Å². The Kier molecular flexibility index (Phi) is 5.13. The zero-order chi connectivity index (χ0) is 22.1. The number of aromatic amines is 2. The van der Waals surface area contributed by atoms with Gasteiger partial charge < -0.3 is 15.6 Å². The second-order valence-corrected chi connectivity index (χ2v) is 8.16. The Morgan fingerprint density at radius 3 is 2.62 bits per heavy atom. The molecule has 2 amide bonds. The highest BCUT2D eigenvalue weighted by Gasteiger charge is 2.17. The molecule has 0 atom stereocenters. The molecule has 0 aliphatic rings. The highest BCUT2D eigenvalue weighted by atomic mass is 35.5. The maximum absolute atomic E-state index is 13.0. The second-order valence-electron chi connectivity index (χ2n) is 6.78. The van der Waals surface area contributed by atoms with Crippen LogP contribution in [0.4, 0.5) is 11.4 Å². The fourth-order valence-corrected chi connectivity index (χ4v) is 4.05. The van der Waals surface area contributed by atoms with E-state index in [1.165, 1.54) is 11.3 Å². The van der Waals surface area contributed by atoms with Crippen LogP contribution in [0, 0.1) is 0 Å². The number of amides is 2. The largest absolute Gasteiger partial charge is 0.349 e. The van der Waals surface area contributed by atoms with Crippen molar-refractivity contribution < 1.29 is 9.59 Å². The summed E-state index contributed by atoms with van der Waals surface area (Å²) in [6.45, 7) is 0. The van der Waals surface area contributed by atoms with Crippen LogP contribution < -0.4 is 10.6 Å². The predicted octanol–water partition coefficient (Wildman–Crippen LogP) is 4.57. The zero-order valence-corrected chi connectivity index (χ0v) is 17.8. The Balaban J connectivity index is 1.44. The van der Waals surface area contributed by atoms with Crippen molar-refractivity contribution in [1.29, 1.82) is 0 Å². The maximum Gasteiger partial charge on any atom is 0.272 e. The molecule has 0 aliphatic heterocycles. The summed E-state index contributed by atoms with van der Waals surface area (Å²) in [7, 11) is 0. The molecule has 0 saturated heterocycles. The van der Waals surface area contributed by atoms with E-state index < -0.39 is 0 Å². The normalized spacial score (nSPS) is 10.9. The minimum absolute atomic E-state index is 0.209. The minimum Gasteiger partial charge on any atom is -0.349 e. The summed E-state index contributed by atoms with van der Waals surface area (Å²) in [5.74, 6) is -0.203. The van der Waals surface area contributed by atoms with Crippen LogP contribution in [0.15, 0.2) is 60.0 Å². The number of rotatable bonds is 5. The summed E-state index contributed by atoms with van der Waals surface area (Å²) < 4.78 is 0. The SMILES string of the molecule is O=C(Nc1ccc(Cl)cc1-c1nnn[nH]1)c1cc2cccc(NC(=O)c3cccs3)c2[nH]1. The Bertz CT molecular complexity index is 1430. The smallest absolute Gasteiger partial charge is 0.272 e. The van der Waals surface area contributed by atoms with E-state index >= 15 is 0 Å². The molecule has 3 heterocycles. The number of thiophene rings is 1. The summed E-state index contributed by atoms with van der Waals surface area (Å²) in [5, 5.41) is 22.5. The molecule has 158 valence electrons. The number of carbonyl (C=O) groups excluding carboxylic acids is 2. The Morgan fingerprint density at radius 1 is 0.969 bits per heavy atom. The quantitative estimate of drug-likeness (QED) is 0.303. The van der Waals surface area contributed by atoms with Gasteiger partial charge in [-0.05, 0) is 52.2 Å². The predicted molar refractivity (Wildman–Crippen MR) is 123 cm³/mol. The van der Waals surface area contributed by atoms with Gasteiger partial charge in [-0.1, -0.05) is 29.8 Å². The first kappa shape index (κ1) is 19.9. The number of nitrogens with zero attached hydrogens (tertiary/aromatic N) is 3. The monoisotopic (exact) mass is 463 g/mol. The number of aromatic nitrogens is 5. The third-order valence-corrected chi connectivity index (χ3v) is 5.83. The highest BCUT2D eigenvalue weighted by molar-refractivity contribution is 7.12. The maximum atomic E-state index is 13.0. The average molecular weight is 464 g/mol. The molecule has 32 heavy (non-hydrogen) atoms. The molecular weight excluding hydrogens is 450 g/mol. The lowest BCUT2D eigenvalue weighted by molar-refractivity contribution is 0.101. The van der Waals surface area contributed by atoms with Crippen molar-refractivity contribution in [3.63, 3.8) is 0 Å². The Hall–Kier alpha value is -4.02. The first-order valence-electron chi connectivity index (χ1n) is 9.40. The standard InChI is InChI=1S/C21H14ClN7O2S/c22-12-6-7-14(13(10-12)19-26-28-29-27-19)24-20(30)16-9-11-3-1-4-15(18(11)23-16)25-21(31)17-5-2-8-32-17/h1-10,23H,(H,24,30)(H,25,31)(H,26,27,28,29). The molecule has 2 aromatic carbocycles. The van der Waals surface area contributed by atoms with Gasteiger partial charge in [-0.3, -0.25) is 9.59 Å². The number of nitrogens with one attached hydrogen (secondary N) is 4. The van der Waals surface area contributed by atoms with E-state index in [0.29, 0.717) is 43.9 Å². The van der Waals surface area contributed by atoms with Gasteiger partial charge in [0.25, 0.3) is 11.8 Å². The first-order valence-corrected chi connectivity index (χ1v) is 10.7. The van der Waals surface area contributed by atoms with Gasteiger partial charge in [0.15, 0.2) is 5.82 Å². The van der Waals surface area contributed by atoms with E-state index in [2.05, 4.69) is 36.2 Å². The van der Waals surface area contributed by atoms with Gasteiger partial charge in [-0.2, -0.15) is 0 Å². The van der Waals surface area contributed by atoms with Gasteiger partial charge in [0.05, 0.1) is 21.8 Å². The molecule has 0 radical (unpaired) electrons. The van der Waals surface area contributed by atoms with E-state index in [9.17, 15) is 9.59 Å². The number of halogens is 1. The van der Waals surface area contributed by atoms with Crippen molar-refractivity contribution in [1.82, 2.24) is 25.6 Å². The van der Waals surface area contributed by atoms with Gasteiger partial charge in [0.1, 0.15) is 5.69 Å². The van der Waals surface area contributed by atoms with Crippen molar-refractivity contribution in [2.24, 2.45) is 0 Å². The van der Waals surface area contributed by atoms with Gasteiger partial charge in [0.2, 0.25) is 0 Å². The molecule has 0 aliphatic carbocycles. The van der Waals surface area contributed by atoms with Crippen molar-refractivity contribution in [3.8, 4) is 11.4 Å². The van der Waals surface area contributed by atoms with Gasteiger partial charge in [0, 0.05) is 16.0 Å². The molecule has 5 rings (SSSR count). The number of anilines is 2. The Morgan fingerprint density at radius 2 is 1.84 bits per heavy atom. The van der Waals surface area contributed by atoms with Crippen molar-refractivity contribution in [3.05, 3.63) is 75.6 Å². The third-order valence-electron chi connectivity index (χ3n) is 4.72. The molecule has 0 fully saturated rings. The summed E-state index contributed by atoms with van der Waals surface area (Å²) in [5.41, 5.74) is 2.60. The lowest BCUT2D eigenvalue weighted by Gasteiger charge is -2.09. The van der Waals surface area contributed by atoms with Crippen LogP contribution in [0.25, 0.3) is 22.3 Å². The average Bonchev–Trinajstić information content (AvgIpc) is 3.56. The summed E-state index contributed by atoms with van der Waals surface area (Å²) >= 11 is 7.46. The molecule has 0 spiro atoms. The Labute approximate surface area is 189 Å². The molecule has 11 heteroatoms. The molecule has 5 aromatic rings. The van der Waals surface area contributed by atoms with E-state index in [0.717, 1.165) is 5.39 Å². The fraction of sp³-hybridized carbons (Fsp3) is 0. The minimum atomic E-state index is -0.368. The first-order chi connectivity index (χ1) is 15.6. The van der Waals surface area contributed by atoms with Crippen molar-refractivity contribution in [2.45, 2.75) is 0 Å². The molecule has 9 nitrogen and oxygen atoms in total. The number of hydrogen-bond acceptors (Lipinski definition) is 6. The van der Waals surface area contributed by atoms with Crippen LogP contribution >= 0.6 is 22.9 Å². The van der Waals surface area contributed by atoms with Crippen LogP contribution in [0.1, 0.15) is 20.2 Å². The summed E-state index contributed by atoms with van der Waals surface area (Å²) in [6, 6.07) is 15.7. The number of H-pyrrole nitrogens is 2. The molecule has 0 saturated carbocycles. The molecule has 3 aromatic heterocycles. The zero-order valence-electron chi connectivity index (χ0n) is 16.2. The molecular formula is C21H14ClN7O2S. The van der Waals surface area contributed by atoms with Crippen LogP contribution in [0.2, 0.25) is 5.02 Å². The number of para-hydroxylation sites is 1.